The Balaban J connectivity index is 0.000000452. The number of hydrogen-bond donors (Lipinski definition) is 1. The van der Waals surface area contributed by atoms with Crippen LogP contribution in [0.5, 0.6) is 23.0 Å². The summed E-state index contributed by atoms with van der Waals surface area (Å²) in [6.07, 6.45) is -0.963. The number of nitro benzene ring substituents is 2. The van der Waals surface area contributed by atoms with E-state index in [9.17, 15) is 25.0 Å². The molecule has 0 aliphatic rings. The number of ether oxygens (including phenoxy) is 5. The Morgan fingerprint density at radius 1 is 0.854 bits per heavy atom. The number of carbonyl (C=O) groups is 1. The molecule has 1 atom stereocenters. The first kappa shape index (κ1) is 35.5. The molecular weight excluding hydrogens is 587 g/mol. The van der Waals surface area contributed by atoms with Crippen LogP contribution >= 0.6 is 23.2 Å². The molecule has 0 amide bonds. The molecule has 0 fully saturated rings. The molecule has 228 valence electrons. The van der Waals surface area contributed by atoms with Crippen LogP contribution in [-0.4, -0.2) is 60.1 Å². The molecule has 0 aliphatic heterocycles. The largest absolute Gasteiger partial charge is 0.490 e. The fourth-order valence-corrected chi connectivity index (χ4v) is 3.49. The highest BCUT2D eigenvalue weighted by atomic mass is 35.5. The van der Waals surface area contributed by atoms with E-state index in [-0.39, 0.29) is 57.6 Å². The van der Waals surface area contributed by atoms with Crippen LogP contribution in [-0.2, 0) is 9.53 Å². The zero-order chi connectivity index (χ0) is 31.7. The average molecular weight is 621 g/mol. The highest BCUT2D eigenvalue weighted by Gasteiger charge is 2.38. The minimum absolute atomic E-state index is 0.00492. The molecule has 0 bridgehead atoms. The first-order valence-corrected chi connectivity index (χ1v) is 12.8. The van der Waals surface area contributed by atoms with Crippen molar-refractivity contribution in [2.45, 2.75) is 53.2 Å². The Morgan fingerprint density at radius 3 is 1.66 bits per heavy atom. The van der Waals surface area contributed by atoms with Crippen molar-refractivity contribution >= 4 is 40.5 Å². The maximum atomic E-state index is 12.5. The quantitative estimate of drug-likeness (QED) is 0.187. The zero-order valence-electron chi connectivity index (χ0n) is 24.0. The third kappa shape index (κ3) is 10.7. The third-order valence-electron chi connectivity index (χ3n) is 4.86. The number of esters is 1. The number of nitrogens with zero attached hydrogens (tertiary/aromatic N) is 2. The van der Waals surface area contributed by atoms with Crippen molar-refractivity contribution in [3.8, 4) is 23.0 Å². The molecule has 1 N–H and O–H groups in total. The van der Waals surface area contributed by atoms with Crippen LogP contribution in [0.4, 0.5) is 11.4 Å². The van der Waals surface area contributed by atoms with Crippen molar-refractivity contribution in [2.75, 3.05) is 27.4 Å². The van der Waals surface area contributed by atoms with Crippen LogP contribution in [0, 0.1) is 25.6 Å². The van der Waals surface area contributed by atoms with E-state index >= 15 is 0 Å². The first-order chi connectivity index (χ1) is 18.9. The van der Waals surface area contributed by atoms with Gasteiger partial charge in [-0.15, -0.1) is 0 Å². The van der Waals surface area contributed by atoms with Gasteiger partial charge in [-0.1, -0.05) is 44.0 Å². The van der Waals surface area contributed by atoms with Crippen LogP contribution in [0.15, 0.2) is 24.3 Å². The normalized spacial score (nSPS) is 11.9. The highest BCUT2D eigenvalue weighted by molar-refractivity contribution is 6.32. The van der Waals surface area contributed by atoms with E-state index in [2.05, 4.69) is 0 Å². The number of rotatable bonds is 10. The summed E-state index contributed by atoms with van der Waals surface area (Å²) >= 11 is 11.9. The van der Waals surface area contributed by atoms with Gasteiger partial charge < -0.3 is 28.8 Å². The van der Waals surface area contributed by atoms with E-state index in [0.29, 0.717) is 0 Å². The Bertz CT molecular complexity index is 1240. The second-order valence-corrected chi connectivity index (χ2v) is 11.2. The Hall–Kier alpha value is -3.55. The van der Waals surface area contributed by atoms with Gasteiger partial charge in [0.15, 0.2) is 0 Å². The number of methoxy groups -OCH3 is 2. The number of benzene rings is 2. The van der Waals surface area contributed by atoms with Gasteiger partial charge in [-0.25, -0.2) is 4.79 Å². The van der Waals surface area contributed by atoms with Crippen molar-refractivity contribution in [2.24, 2.45) is 5.41 Å². The molecule has 2 aromatic rings. The summed E-state index contributed by atoms with van der Waals surface area (Å²) < 4.78 is 26.1. The van der Waals surface area contributed by atoms with Crippen molar-refractivity contribution in [3.05, 3.63) is 54.5 Å². The molecule has 2 aromatic carbocycles. The van der Waals surface area contributed by atoms with Gasteiger partial charge in [0.05, 0.1) is 40.7 Å². The molecular formula is C26H34Cl2N2O11. The number of hydrogen-bond acceptors (Lipinski definition) is 11. The second-order valence-electron chi connectivity index (χ2n) is 10.4. The van der Waals surface area contributed by atoms with E-state index in [4.69, 9.17) is 52.0 Å². The summed E-state index contributed by atoms with van der Waals surface area (Å²) in [6.45, 7) is 10.6. The first-order valence-electron chi connectivity index (χ1n) is 12.0. The monoisotopic (exact) mass is 620 g/mol. The SMILES string of the molecule is COc1cc(OC(C(=O)OC(C)(C)C)C(C)(C)C)c(Cl)cc1[N+](=O)[O-].COc1cc(OCCO)c(Cl)cc1[N+](=O)[O-]. The summed E-state index contributed by atoms with van der Waals surface area (Å²) in [5, 5.41) is 30.4. The van der Waals surface area contributed by atoms with Crippen molar-refractivity contribution in [1.29, 1.82) is 0 Å². The van der Waals surface area contributed by atoms with Gasteiger partial charge in [0.2, 0.25) is 17.6 Å². The summed E-state index contributed by atoms with van der Waals surface area (Å²) in [4.78, 5) is 33.0. The number of halogens is 2. The Kier molecular flexibility index (Phi) is 12.9. The minimum atomic E-state index is -0.963. The lowest BCUT2D eigenvalue weighted by Gasteiger charge is -2.32. The van der Waals surface area contributed by atoms with Gasteiger partial charge in [-0.2, -0.15) is 0 Å². The maximum Gasteiger partial charge on any atom is 0.348 e. The number of nitro groups is 2. The van der Waals surface area contributed by atoms with Crippen LogP contribution in [0.2, 0.25) is 10.0 Å². The predicted octanol–water partition coefficient (Wildman–Crippen LogP) is 6.02. The minimum Gasteiger partial charge on any atom is -0.490 e. The average Bonchev–Trinajstić information content (AvgIpc) is 2.85. The van der Waals surface area contributed by atoms with Gasteiger partial charge in [0.1, 0.15) is 23.7 Å². The molecule has 0 heterocycles. The lowest BCUT2D eigenvalue weighted by Crippen LogP contribution is -2.43. The molecule has 0 saturated heterocycles. The van der Waals surface area contributed by atoms with E-state index in [0.717, 1.165) is 12.1 Å². The molecule has 0 saturated carbocycles. The van der Waals surface area contributed by atoms with E-state index < -0.39 is 32.9 Å². The van der Waals surface area contributed by atoms with E-state index in [1.54, 1.807) is 20.8 Å². The van der Waals surface area contributed by atoms with Gasteiger partial charge in [-0.05, 0) is 20.8 Å². The van der Waals surface area contributed by atoms with Gasteiger partial charge in [0.25, 0.3) is 0 Å². The van der Waals surface area contributed by atoms with Crippen LogP contribution in [0.3, 0.4) is 0 Å². The summed E-state index contributed by atoms with van der Waals surface area (Å²) in [5.74, 6) is -0.162. The maximum absolute atomic E-state index is 12.5. The fraction of sp³-hybridized carbons (Fsp3) is 0.500. The molecule has 0 aromatic heterocycles. The Morgan fingerprint density at radius 2 is 1.29 bits per heavy atom. The predicted molar refractivity (Wildman–Crippen MR) is 152 cm³/mol. The molecule has 0 radical (unpaired) electrons. The number of carbonyl (C=O) groups excluding carboxylic acids is 1. The van der Waals surface area contributed by atoms with Crippen molar-refractivity contribution in [3.63, 3.8) is 0 Å². The van der Waals surface area contributed by atoms with E-state index in [1.807, 2.05) is 20.8 Å². The molecule has 0 aliphatic carbocycles. The molecule has 41 heavy (non-hydrogen) atoms. The molecule has 1 unspecified atom stereocenters. The van der Waals surface area contributed by atoms with Gasteiger partial charge in [0, 0.05) is 29.7 Å². The standard InChI is InChI=1S/C17H24ClNO6.C9H10ClNO5/c1-16(2,3)14(15(20)25-17(4,5)6)24-12-9-13(23-7)11(19(21)22)8-10(12)18;1-15-9-5-8(16-3-2-12)6(10)4-7(9)11(13)14/h8-9,14H,1-7H3;4-5,12H,2-3H2,1H3. The van der Waals surface area contributed by atoms with Crippen LogP contribution in [0.25, 0.3) is 0 Å². The van der Waals surface area contributed by atoms with E-state index in [1.165, 1.54) is 26.4 Å². The molecule has 0 spiro atoms. The summed E-state index contributed by atoms with van der Waals surface area (Å²) in [6, 6.07) is 4.89. The van der Waals surface area contributed by atoms with Crippen LogP contribution < -0.4 is 18.9 Å². The smallest absolute Gasteiger partial charge is 0.348 e. The van der Waals surface area contributed by atoms with Crippen molar-refractivity contribution < 1.29 is 43.4 Å². The molecule has 13 nitrogen and oxygen atoms in total. The van der Waals surface area contributed by atoms with Crippen molar-refractivity contribution in [1.82, 2.24) is 0 Å². The number of aliphatic hydroxyl groups is 1. The Labute approximate surface area is 247 Å². The summed E-state index contributed by atoms with van der Waals surface area (Å²) in [7, 11) is 2.61. The molecule has 15 heteroatoms. The third-order valence-corrected chi connectivity index (χ3v) is 5.45. The molecule has 2 rings (SSSR count). The van der Waals surface area contributed by atoms with Gasteiger partial charge >= 0.3 is 17.3 Å². The fourth-order valence-electron chi connectivity index (χ4n) is 3.08. The summed E-state index contributed by atoms with van der Waals surface area (Å²) in [5.41, 5.74) is -1.80. The lowest BCUT2D eigenvalue weighted by molar-refractivity contribution is -0.385. The highest BCUT2D eigenvalue weighted by Crippen LogP contribution is 2.40. The van der Waals surface area contributed by atoms with Crippen LogP contribution in [0.1, 0.15) is 41.5 Å². The number of aliphatic hydroxyl groups excluding tert-OH is 1. The lowest BCUT2D eigenvalue weighted by atomic mass is 9.89. The van der Waals surface area contributed by atoms with Gasteiger partial charge in [-0.3, -0.25) is 20.2 Å². The zero-order valence-corrected chi connectivity index (χ0v) is 25.5. The second kappa shape index (κ2) is 14.9. The topological polar surface area (TPSA) is 170 Å².